The van der Waals surface area contributed by atoms with E-state index in [9.17, 15) is 12.8 Å². The minimum absolute atomic E-state index is 0.0658. The van der Waals surface area contributed by atoms with Crippen LogP contribution in [0.25, 0.3) is 0 Å². The molecule has 0 bridgehead atoms. The molecule has 1 aromatic heterocycles. The zero-order chi connectivity index (χ0) is 14.0. The van der Waals surface area contributed by atoms with Crippen molar-refractivity contribution in [1.29, 1.82) is 0 Å². The number of hydrogen-bond acceptors (Lipinski definition) is 3. The van der Waals surface area contributed by atoms with E-state index in [-0.39, 0.29) is 15.7 Å². The molecule has 19 heavy (non-hydrogen) atoms. The summed E-state index contributed by atoms with van der Waals surface area (Å²) in [5.74, 6) is -0.582. The molecule has 0 aliphatic carbocycles. The number of hydrogen-bond donors (Lipinski definition) is 1. The zero-order valence-electron chi connectivity index (χ0n) is 9.27. The Morgan fingerprint density at radius 1 is 1.26 bits per heavy atom. The zero-order valence-corrected chi connectivity index (χ0v) is 12.4. The number of nitrogens with zero attached hydrogens (tertiary/aromatic N) is 1. The average molecular weight is 366 g/mol. The molecule has 0 fully saturated rings. The van der Waals surface area contributed by atoms with Gasteiger partial charge < -0.3 is 0 Å². The van der Waals surface area contributed by atoms with Crippen molar-refractivity contribution in [3.8, 4) is 0 Å². The third-order valence-electron chi connectivity index (χ3n) is 2.14. The number of rotatable bonds is 3. The summed E-state index contributed by atoms with van der Waals surface area (Å²) in [6.45, 7) is 0. The summed E-state index contributed by atoms with van der Waals surface area (Å²) in [6.07, 6.45) is 0. The van der Waals surface area contributed by atoms with Crippen LogP contribution < -0.4 is 4.72 Å². The molecule has 0 spiro atoms. The molecule has 0 unspecified atom stereocenters. The number of anilines is 1. The lowest BCUT2D eigenvalue weighted by Crippen LogP contribution is -2.14. The summed E-state index contributed by atoms with van der Waals surface area (Å²) < 4.78 is 39.9. The number of benzene rings is 1. The molecular weight excluding hydrogens is 359 g/mol. The number of halogens is 3. The van der Waals surface area contributed by atoms with Crippen LogP contribution in [0.15, 0.2) is 45.9 Å². The van der Waals surface area contributed by atoms with Crippen molar-refractivity contribution in [3.05, 3.63) is 51.8 Å². The van der Waals surface area contributed by atoms with Crippen molar-refractivity contribution in [2.75, 3.05) is 4.72 Å². The number of nitrogens with one attached hydrogen (secondary N) is 1. The van der Waals surface area contributed by atoms with Gasteiger partial charge in [0.05, 0.1) is 5.02 Å². The summed E-state index contributed by atoms with van der Waals surface area (Å²) in [5, 5.41) is -0.0658. The molecule has 0 aliphatic heterocycles. The maximum Gasteiger partial charge on any atom is 0.264 e. The molecule has 8 heteroatoms. The standard InChI is InChI=1S/C11H7BrClFN2O2S/c12-10-2-1-3-11(15-10)16-19(17,18)9-6-7(14)4-5-8(9)13/h1-6H,(H,15,16). The minimum Gasteiger partial charge on any atom is -0.263 e. The molecule has 2 aromatic rings. The Kier molecular flexibility index (Phi) is 4.07. The van der Waals surface area contributed by atoms with E-state index in [4.69, 9.17) is 11.6 Å². The van der Waals surface area contributed by atoms with E-state index < -0.39 is 15.8 Å². The van der Waals surface area contributed by atoms with E-state index >= 15 is 0 Å². The maximum absolute atomic E-state index is 13.1. The van der Waals surface area contributed by atoms with Gasteiger partial charge in [0.25, 0.3) is 10.0 Å². The molecule has 1 N–H and O–H groups in total. The molecule has 4 nitrogen and oxygen atoms in total. The highest BCUT2D eigenvalue weighted by molar-refractivity contribution is 9.10. The number of aromatic nitrogens is 1. The van der Waals surface area contributed by atoms with Crippen molar-refractivity contribution < 1.29 is 12.8 Å². The van der Waals surface area contributed by atoms with Crippen LogP contribution >= 0.6 is 27.5 Å². The highest BCUT2D eigenvalue weighted by Gasteiger charge is 2.19. The van der Waals surface area contributed by atoms with Crippen molar-refractivity contribution in [3.63, 3.8) is 0 Å². The first-order chi connectivity index (χ1) is 8.88. The van der Waals surface area contributed by atoms with Gasteiger partial charge in [-0.2, -0.15) is 0 Å². The maximum atomic E-state index is 13.1. The van der Waals surface area contributed by atoms with Gasteiger partial charge in [0.15, 0.2) is 0 Å². The first-order valence-corrected chi connectivity index (χ1v) is 7.64. The van der Waals surface area contributed by atoms with Gasteiger partial charge in [-0.15, -0.1) is 0 Å². The van der Waals surface area contributed by atoms with Crippen LogP contribution in [0, 0.1) is 5.82 Å². The van der Waals surface area contributed by atoms with E-state index in [2.05, 4.69) is 25.6 Å². The summed E-state index contributed by atoms with van der Waals surface area (Å²) in [7, 11) is -3.99. The smallest absolute Gasteiger partial charge is 0.263 e. The summed E-state index contributed by atoms with van der Waals surface area (Å²) in [6, 6.07) is 7.84. The fourth-order valence-electron chi connectivity index (χ4n) is 1.34. The Balaban J connectivity index is 2.40. The fraction of sp³-hybridized carbons (Fsp3) is 0. The Labute approximate surface area is 122 Å². The van der Waals surface area contributed by atoms with Crippen LogP contribution in [0.3, 0.4) is 0 Å². The van der Waals surface area contributed by atoms with Gasteiger partial charge in [0.1, 0.15) is 21.1 Å². The van der Waals surface area contributed by atoms with Crippen molar-refractivity contribution in [1.82, 2.24) is 4.98 Å². The highest BCUT2D eigenvalue weighted by atomic mass is 79.9. The minimum atomic E-state index is -3.99. The quantitative estimate of drug-likeness (QED) is 0.848. The Morgan fingerprint density at radius 3 is 2.68 bits per heavy atom. The first kappa shape index (κ1) is 14.2. The van der Waals surface area contributed by atoms with Gasteiger partial charge in [-0.1, -0.05) is 17.7 Å². The summed E-state index contributed by atoms with van der Waals surface area (Å²) in [4.78, 5) is 3.59. The van der Waals surface area contributed by atoms with Crippen LogP contribution in [0.2, 0.25) is 5.02 Å². The second kappa shape index (κ2) is 5.44. The van der Waals surface area contributed by atoms with Crippen LogP contribution in [-0.4, -0.2) is 13.4 Å². The van der Waals surface area contributed by atoms with Gasteiger partial charge in [0.2, 0.25) is 0 Å². The van der Waals surface area contributed by atoms with E-state index in [1.54, 1.807) is 12.1 Å². The van der Waals surface area contributed by atoms with Gasteiger partial charge in [0, 0.05) is 0 Å². The summed E-state index contributed by atoms with van der Waals surface area (Å²) in [5.41, 5.74) is 0. The lowest BCUT2D eigenvalue weighted by atomic mass is 10.3. The van der Waals surface area contributed by atoms with Crippen molar-refractivity contribution in [2.24, 2.45) is 0 Å². The monoisotopic (exact) mass is 364 g/mol. The fourth-order valence-corrected chi connectivity index (χ4v) is 3.20. The van der Waals surface area contributed by atoms with E-state index in [0.717, 1.165) is 12.1 Å². The largest absolute Gasteiger partial charge is 0.264 e. The Bertz CT molecular complexity index is 724. The van der Waals surface area contributed by atoms with Crippen LogP contribution in [0.5, 0.6) is 0 Å². The van der Waals surface area contributed by atoms with Crippen molar-refractivity contribution >= 4 is 43.4 Å². The van der Waals surface area contributed by atoms with E-state index in [1.165, 1.54) is 12.1 Å². The molecule has 100 valence electrons. The van der Waals surface area contributed by atoms with Gasteiger partial charge in [-0.3, -0.25) is 4.72 Å². The predicted molar refractivity (Wildman–Crippen MR) is 74.2 cm³/mol. The first-order valence-electron chi connectivity index (χ1n) is 4.99. The lowest BCUT2D eigenvalue weighted by Gasteiger charge is -2.09. The normalized spacial score (nSPS) is 11.3. The molecule has 2 rings (SSSR count). The lowest BCUT2D eigenvalue weighted by molar-refractivity contribution is 0.595. The molecule has 1 aromatic carbocycles. The topological polar surface area (TPSA) is 59.1 Å². The van der Waals surface area contributed by atoms with E-state index in [1.807, 2.05) is 0 Å². The molecule has 0 aliphatic rings. The molecular formula is C11H7BrClFN2O2S. The molecule has 1 heterocycles. The molecule has 0 atom stereocenters. The third-order valence-corrected chi connectivity index (χ3v) is 4.41. The second-order valence-corrected chi connectivity index (χ2v) is 6.40. The molecule has 0 amide bonds. The highest BCUT2D eigenvalue weighted by Crippen LogP contribution is 2.24. The Hall–Kier alpha value is -1.18. The molecule has 0 saturated heterocycles. The van der Waals surface area contributed by atoms with Crippen LogP contribution in [0.4, 0.5) is 10.2 Å². The van der Waals surface area contributed by atoms with Gasteiger partial charge in [-0.05, 0) is 46.3 Å². The van der Waals surface area contributed by atoms with Crippen LogP contribution in [0.1, 0.15) is 0 Å². The second-order valence-electron chi connectivity index (χ2n) is 3.53. The summed E-state index contributed by atoms with van der Waals surface area (Å²) >= 11 is 8.88. The Morgan fingerprint density at radius 2 is 2.00 bits per heavy atom. The number of sulfonamides is 1. The molecule has 0 saturated carbocycles. The van der Waals surface area contributed by atoms with Gasteiger partial charge in [-0.25, -0.2) is 17.8 Å². The van der Waals surface area contributed by atoms with E-state index in [0.29, 0.717) is 4.60 Å². The number of pyridine rings is 1. The van der Waals surface area contributed by atoms with Crippen molar-refractivity contribution in [2.45, 2.75) is 4.90 Å². The van der Waals surface area contributed by atoms with Gasteiger partial charge >= 0.3 is 0 Å². The SMILES string of the molecule is O=S(=O)(Nc1cccc(Br)n1)c1cc(F)ccc1Cl. The average Bonchev–Trinajstić information content (AvgIpc) is 2.31. The molecule has 0 radical (unpaired) electrons. The predicted octanol–water partition coefficient (Wildman–Crippen LogP) is 3.44. The third kappa shape index (κ3) is 3.43. The van der Waals surface area contributed by atoms with Crippen LogP contribution in [-0.2, 0) is 10.0 Å².